The van der Waals surface area contributed by atoms with E-state index in [1.165, 1.54) is 6.42 Å². The lowest BCUT2D eigenvalue weighted by Crippen LogP contribution is -2.50. The van der Waals surface area contributed by atoms with Crippen LogP contribution in [0.5, 0.6) is 0 Å². The lowest BCUT2D eigenvalue weighted by molar-refractivity contribution is -0.132. The highest BCUT2D eigenvalue weighted by Gasteiger charge is 2.35. The first-order valence-electron chi connectivity index (χ1n) is 7.20. The van der Waals surface area contributed by atoms with Gasteiger partial charge in [0.05, 0.1) is 6.54 Å². The Kier molecular flexibility index (Phi) is 3.55. The molecule has 1 aromatic heterocycles. The van der Waals surface area contributed by atoms with Gasteiger partial charge >= 0.3 is 0 Å². The number of aromatic amines is 1. The summed E-state index contributed by atoms with van der Waals surface area (Å²) >= 11 is 0. The number of carbonyl (C=O) groups is 1. The molecule has 19 heavy (non-hydrogen) atoms. The summed E-state index contributed by atoms with van der Waals surface area (Å²) in [4.78, 5) is 23.8. The fourth-order valence-corrected chi connectivity index (χ4v) is 3.51. The minimum absolute atomic E-state index is 0.326. The molecule has 0 bridgehead atoms. The molecule has 0 aliphatic carbocycles. The second-order valence-corrected chi connectivity index (χ2v) is 5.78. The monoisotopic (exact) mass is 262 g/mol. The van der Waals surface area contributed by atoms with Crippen LogP contribution in [0.2, 0.25) is 0 Å². The van der Waals surface area contributed by atoms with Gasteiger partial charge < -0.3 is 9.88 Å². The third-order valence-electron chi connectivity index (χ3n) is 4.56. The molecule has 2 saturated heterocycles. The van der Waals surface area contributed by atoms with Crippen LogP contribution in [0.3, 0.4) is 0 Å². The Morgan fingerprint density at radius 2 is 2.37 bits per heavy atom. The summed E-state index contributed by atoms with van der Waals surface area (Å²) < 4.78 is 0. The van der Waals surface area contributed by atoms with E-state index in [0.717, 1.165) is 44.7 Å². The lowest BCUT2D eigenvalue weighted by Gasteiger charge is -2.41. The number of carbonyl (C=O) groups excluding carboxylic acids is 1. The van der Waals surface area contributed by atoms with Crippen LogP contribution in [0.4, 0.5) is 0 Å². The standard InChI is InChI=1S/C14H22N4O/c1-17-12-5-8-18(10-13-15-6-7-16-13)9-11(12)3-2-4-14(17)19/h6-7,11-12H,2-5,8-10H2,1H3,(H,15,16)/t11-,12-/m1/s1. The highest BCUT2D eigenvalue weighted by molar-refractivity contribution is 5.76. The van der Waals surface area contributed by atoms with Crippen molar-refractivity contribution in [1.29, 1.82) is 0 Å². The molecule has 0 unspecified atom stereocenters. The molecular formula is C14H22N4O. The highest BCUT2D eigenvalue weighted by atomic mass is 16.2. The number of nitrogens with one attached hydrogen (secondary N) is 1. The summed E-state index contributed by atoms with van der Waals surface area (Å²) in [6, 6.07) is 0.447. The molecule has 0 saturated carbocycles. The van der Waals surface area contributed by atoms with Crippen LogP contribution in [-0.2, 0) is 11.3 Å². The molecule has 3 heterocycles. The Bertz CT molecular complexity index is 431. The number of nitrogens with zero attached hydrogens (tertiary/aromatic N) is 3. The molecule has 2 fully saturated rings. The van der Waals surface area contributed by atoms with Crippen molar-refractivity contribution in [3.63, 3.8) is 0 Å². The number of likely N-dealkylation sites (tertiary alicyclic amines) is 2. The van der Waals surface area contributed by atoms with Crippen molar-refractivity contribution in [1.82, 2.24) is 19.8 Å². The van der Waals surface area contributed by atoms with Gasteiger partial charge in [0.2, 0.25) is 5.91 Å². The molecule has 0 radical (unpaired) electrons. The van der Waals surface area contributed by atoms with Crippen molar-refractivity contribution in [2.75, 3.05) is 20.1 Å². The maximum atomic E-state index is 11.9. The number of amides is 1. The average molecular weight is 262 g/mol. The Morgan fingerprint density at radius 3 is 3.16 bits per heavy atom. The van der Waals surface area contributed by atoms with E-state index in [-0.39, 0.29) is 0 Å². The van der Waals surface area contributed by atoms with Crippen LogP contribution in [0.1, 0.15) is 31.5 Å². The Balaban J connectivity index is 1.64. The normalized spacial score (nSPS) is 29.1. The third kappa shape index (κ3) is 2.66. The predicted octanol–water partition coefficient (Wildman–Crippen LogP) is 1.24. The number of aromatic nitrogens is 2. The van der Waals surface area contributed by atoms with E-state index in [0.29, 0.717) is 17.9 Å². The van der Waals surface area contributed by atoms with Crippen molar-refractivity contribution in [3.8, 4) is 0 Å². The Labute approximate surface area is 114 Å². The number of piperidine rings is 1. The zero-order chi connectivity index (χ0) is 13.2. The van der Waals surface area contributed by atoms with Crippen LogP contribution >= 0.6 is 0 Å². The smallest absolute Gasteiger partial charge is 0.222 e. The van der Waals surface area contributed by atoms with E-state index < -0.39 is 0 Å². The number of rotatable bonds is 2. The molecule has 2 aliphatic rings. The molecule has 5 heteroatoms. The zero-order valence-corrected chi connectivity index (χ0v) is 11.5. The van der Waals surface area contributed by atoms with E-state index in [1.54, 1.807) is 6.20 Å². The van der Waals surface area contributed by atoms with Gasteiger partial charge in [0.15, 0.2) is 0 Å². The third-order valence-corrected chi connectivity index (χ3v) is 4.56. The lowest BCUT2D eigenvalue weighted by atomic mass is 9.88. The highest BCUT2D eigenvalue weighted by Crippen LogP contribution is 2.29. The molecule has 1 amide bonds. The maximum Gasteiger partial charge on any atom is 0.222 e. The summed E-state index contributed by atoms with van der Waals surface area (Å²) in [5.41, 5.74) is 0. The molecule has 5 nitrogen and oxygen atoms in total. The first-order chi connectivity index (χ1) is 9.24. The van der Waals surface area contributed by atoms with E-state index in [9.17, 15) is 4.79 Å². The molecule has 1 N–H and O–H groups in total. The largest absolute Gasteiger partial charge is 0.348 e. The van der Waals surface area contributed by atoms with Crippen molar-refractivity contribution in [2.24, 2.45) is 5.92 Å². The van der Waals surface area contributed by atoms with Crippen LogP contribution in [0.15, 0.2) is 12.4 Å². The summed E-state index contributed by atoms with van der Waals surface area (Å²) in [5, 5.41) is 0. The van der Waals surface area contributed by atoms with Crippen LogP contribution in [-0.4, -0.2) is 51.9 Å². The van der Waals surface area contributed by atoms with Gasteiger partial charge in [0, 0.05) is 45.0 Å². The second-order valence-electron chi connectivity index (χ2n) is 5.78. The molecule has 0 aromatic carbocycles. The molecule has 2 atom stereocenters. The predicted molar refractivity (Wildman–Crippen MR) is 72.4 cm³/mol. The molecule has 104 valence electrons. The van der Waals surface area contributed by atoms with E-state index in [1.807, 2.05) is 18.1 Å². The van der Waals surface area contributed by atoms with E-state index in [2.05, 4.69) is 14.9 Å². The molecule has 0 spiro atoms. The SMILES string of the molecule is CN1C(=O)CCC[C@@H]2CN(Cc3ncc[nH]3)CC[C@H]21. The minimum Gasteiger partial charge on any atom is -0.348 e. The van der Waals surface area contributed by atoms with Gasteiger partial charge in [-0.25, -0.2) is 4.98 Å². The van der Waals surface area contributed by atoms with E-state index >= 15 is 0 Å². The van der Waals surface area contributed by atoms with Crippen LogP contribution in [0, 0.1) is 5.92 Å². The zero-order valence-electron chi connectivity index (χ0n) is 11.5. The van der Waals surface area contributed by atoms with E-state index in [4.69, 9.17) is 0 Å². The summed E-state index contributed by atoms with van der Waals surface area (Å²) in [6.07, 6.45) is 7.71. The van der Waals surface area contributed by atoms with Gasteiger partial charge in [-0.2, -0.15) is 0 Å². The van der Waals surface area contributed by atoms with Crippen LogP contribution in [0.25, 0.3) is 0 Å². The number of hydrogen-bond donors (Lipinski definition) is 1. The van der Waals surface area contributed by atoms with Crippen LogP contribution < -0.4 is 0 Å². The van der Waals surface area contributed by atoms with Crippen molar-refractivity contribution in [2.45, 2.75) is 38.3 Å². The molecule has 2 aliphatic heterocycles. The van der Waals surface area contributed by atoms with Gasteiger partial charge in [0.1, 0.15) is 5.82 Å². The fourth-order valence-electron chi connectivity index (χ4n) is 3.51. The van der Waals surface area contributed by atoms with Crippen molar-refractivity contribution < 1.29 is 4.79 Å². The topological polar surface area (TPSA) is 52.2 Å². The number of imidazole rings is 1. The first kappa shape index (κ1) is 12.7. The van der Waals surface area contributed by atoms with Crippen molar-refractivity contribution >= 4 is 5.91 Å². The van der Waals surface area contributed by atoms with Gasteiger partial charge in [-0.15, -0.1) is 0 Å². The Hall–Kier alpha value is -1.36. The van der Waals surface area contributed by atoms with Gasteiger partial charge in [-0.3, -0.25) is 9.69 Å². The van der Waals surface area contributed by atoms with Gasteiger partial charge in [-0.1, -0.05) is 0 Å². The molecule has 3 rings (SSSR count). The molecular weight excluding hydrogens is 240 g/mol. The first-order valence-corrected chi connectivity index (χ1v) is 7.20. The van der Waals surface area contributed by atoms with Gasteiger partial charge in [-0.05, 0) is 25.2 Å². The molecule has 1 aromatic rings. The van der Waals surface area contributed by atoms with Gasteiger partial charge in [0.25, 0.3) is 0 Å². The average Bonchev–Trinajstić information content (AvgIpc) is 2.86. The quantitative estimate of drug-likeness (QED) is 0.872. The number of hydrogen-bond acceptors (Lipinski definition) is 3. The maximum absolute atomic E-state index is 11.9. The fraction of sp³-hybridized carbons (Fsp3) is 0.714. The summed E-state index contributed by atoms with van der Waals surface area (Å²) in [5.74, 6) is 1.99. The second kappa shape index (κ2) is 5.33. The minimum atomic E-state index is 0.326. The van der Waals surface area contributed by atoms with Crippen molar-refractivity contribution in [3.05, 3.63) is 18.2 Å². The number of fused-ring (bicyclic) bond motifs is 1. The summed E-state index contributed by atoms with van der Waals surface area (Å²) in [7, 11) is 1.98. The summed E-state index contributed by atoms with van der Waals surface area (Å²) in [6.45, 7) is 3.04. The number of H-pyrrole nitrogens is 1. The Morgan fingerprint density at radius 1 is 1.47 bits per heavy atom.